The fourth-order valence-corrected chi connectivity index (χ4v) is 9.67. The van der Waals surface area contributed by atoms with Crippen LogP contribution in [0.3, 0.4) is 0 Å². The molecule has 4 aromatic heterocycles. The van der Waals surface area contributed by atoms with Crippen molar-refractivity contribution in [2.24, 2.45) is 0 Å². The van der Waals surface area contributed by atoms with Crippen molar-refractivity contribution in [3.63, 3.8) is 0 Å². The van der Waals surface area contributed by atoms with Gasteiger partial charge in [0.05, 0.1) is 11.0 Å². The van der Waals surface area contributed by atoms with Crippen molar-refractivity contribution < 1.29 is 0 Å². The van der Waals surface area contributed by atoms with Crippen molar-refractivity contribution >= 4 is 74.1 Å². The zero-order valence-electron chi connectivity index (χ0n) is 28.1. The Morgan fingerprint density at radius 3 is 1.94 bits per heavy atom. The zero-order valence-corrected chi connectivity index (χ0v) is 29.8. The van der Waals surface area contributed by atoms with Gasteiger partial charge in [0, 0.05) is 68.3 Å². The third-order valence-electron chi connectivity index (χ3n) is 9.87. The second-order valence-corrected chi connectivity index (χ2v) is 15.2. The van der Waals surface area contributed by atoms with E-state index in [9.17, 15) is 0 Å². The van der Waals surface area contributed by atoms with Gasteiger partial charge in [-0.2, -0.15) is 0 Å². The van der Waals surface area contributed by atoms with E-state index in [2.05, 4.69) is 138 Å². The van der Waals surface area contributed by atoms with E-state index in [1.165, 1.54) is 29.6 Å². The first kappa shape index (κ1) is 30.1. The molecule has 0 aliphatic heterocycles. The van der Waals surface area contributed by atoms with Gasteiger partial charge in [0.15, 0.2) is 17.5 Å². The number of hydrogen-bond acceptors (Lipinski definition) is 6. The van der Waals surface area contributed by atoms with E-state index in [-0.39, 0.29) is 0 Å². The molecule has 53 heavy (non-hydrogen) atoms. The van der Waals surface area contributed by atoms with Crippen molar-refractivity contribution in [2.75, 3.05) is 0 Å². The third-order valence-corrected chi connectivity index (χ3v) is 12.1. The molecule has 0 aliphatic carbocycles. The molecule has 0 unspecified atom stereocenters. The van der Waals surface area contributed by atoms with Crippen LogP contribution >= 0.6 is 22.7 Å². The van der Waals surface area contributed by atoms with Crippen LogP contribution in [0.4, 0.5) is 0 Å². The molecule has 0 saturated heterocycles. The summed E-state index contributed by atoms with van der Waals surface area (Å²) in [4.78, 5) is 20.6. The predicted molar refractivity (Wildman–Crippen MR) is 222 cm³/mol. The standard InChI is InChI=1S/C46H27N5S2/c1-3-12-28(13-4-1)43-48-44(29-22-24-33-32-16-7-10-20-38(32)53-41(33)27-29)50-45(49-43)34-17-11-21-40-42(34)35-26-30(23-25-39(35)52-40)46-47-36-18-8-9-19-37(36)51(46)31-14-5-2-6-15-31/h1-27H. The Morgan fingerprint density at radius 2 is 1.06 bits per heavy atom. The van der Waals surface area contributed by atoms with Gasteiger partial charge < -0.3 is 0 Å². The Labute approximate surface area is 312 Å². The fourth-order valence-electron chi connectivity index (χ4n) is 7.42. The smallest absolute Gasteiger partial charge is 0.164 e. The van der Waals surface area contributed by atoms with Crippen LogP contribution in [0.1, 0.15) is 0 Å². The topological polar surface area (TPSA) is 56.5 Å². The lowest BCUT2D eigenvalue weighted by Gasteiger charge is -2.11. The average Bonchev–Trinajstić information content (AvgIpc) is 3.92. The first-order valence-corrected chi connectivity index (χ1v) is 19.1. The Bertz CT molecular complexity index is 3180. The number of para-hydroxylation sites is 3. The number of hydrogen-bond donors (Lipinski definition) is 0. The van der Waals surface area contributed by atoms with E-state index in [4.69, 9.17) is 19.9 Å². The molecule has 0 N–H and O–H groups in total. The average molecular weight is 714 g/mol. The SMILES string of the molecule is c1ccc(-c2nc(-c3ccc4c(c3)sc3ccccc34)nc(-c3cccc4sc5ccc(-c6nc7ccccc7n6-c6ccccc6)cc5c34)n2)cc1. The quantitative estimate of drug-likeness (QED) is 0.178. The second kappa shape index (κ2) is 12.0. The van der Waals surface area contributed by atoms with Crippen LogP contribution in [0.25, 0.3) is 103 Å². The van der Waals surface area contributed by atoms with E-state index in [0.29, 0.717) is 17.5 Å². The molecule has 11 rings (SSSR count). The largest absolute Gasteiger partial charge is 0.292 e. The highest BCUT2D eigenvalue weighted by Crippen LogP contribution is 2.42. The van der Waals surface area contributed by atoms with Gasteiger partial charge in [0.2, 0.25) is 0 Å². The Kier molecular flexibility index (Phi) is 6.83. The van der Waals surface area contributed by atoms with Gasteiger partial charge in [-0.25, -0.2) is 19.9 Å². The molecule has 7 heteroatoms. The molecule has 0 amide bonds. The molecule has 0 spiro atoms. The number of benzene rings is 7. The summed E-state index contributed by atoms with van der Waals surface area (Å²) < 4.78 is 7.12. The molecule has 5 nitrogen and oxygen atoms in total. The molecule has 0 aliphatic rings. The van der Waals surface area contributed by atoms with E-state index in [1.807, 2.05) is 30.3 Å². The van der Waals surface area contributed by atoms with Crippen molar-refractivity contribution in [2.45, 2.75) is 0 Å². The minimum Gasteiger partial charge on any atom is -0.292 e. The van der Waals surface area contributed by atoms with Crippen LogP contribution in [0, 0.1) is 0 Å². The molecule has 0 fully saturated rings. The van der Waals surface area contributed by atoms with Crippen LogP contribution in [-0.2, 0) is 0 Å². The molecule has 0 radical (unpaired) electrons. The number of thiophene rings is 2. The van der Waals surface area contributed by atoms with Crippen molar-refractivity contribution in [3.8, 4) is 51.2 Å². The number of rotatable bonds is 5. The number of nitrogens with zero attached hydrogens (tertiary/aromatic N) is 5. The molecule has 11 aromatic rings. The summed E-state index contributed by atoms with van der Waals surface area (Å²) in [5, 5.41) is 4.81. The molecular weight excluding hydrogens is 687 g/mol. The normalized spacial score (nSPS) is 11.8. The number of imidazole rings is 1. The summed E-state index contributed by atoms with van der Waals surface area (Å²) in [6, 6.07) is 57.3. The lowest BCUT2D eigenvalue weighted by Crippen LogP contribution is -2.00. The van der Waals surface area contributed by atoms with Crippen molar-refractivity contribution in [1.29, 1.82) is 0 Å². The highest BCUT2D eigenvalue weighted by molar-refractivity contribution is 7.26. The summed E-state index contributed by atoms with van der Waals surface area (Å²) in [5.41, 5.74) is 7.05. The summed E-state index contributed by atoms with van der Waals surface area (Å²) in [5.74, 6) is 2.86. The highest BCUT2D eigenvalue weighted by Gasteiger charge is 2.20. The van der Waals surface area contributed by atoms with Crippen molar-refractivity contribution in [3.05, 3.63) is 164 Å². The molecule has 0 atom stereocenters. The van der Waals surface area contributed by atoms with Crippen LogP contribution in [-0.4, -0.2) is 24.5 Å². The van der Waals surface area contributed by atoms with Gasteiger partial charge in [0.25, 0.3) is 0 Å². The van der Waals surface area contributed by atoms with Gasteiger partial charge >= 0.3 is 0 Å². The van der Waals surface area contributed by atoms with Crippen LogP contribution < -0.4 is 0 Å². The van der Waals surface area contributed by atoms with Gasteiger partial charge in [-0.05, 0) is 60.7 Å². The van der Waals surface area contributed by atoms with E-state index in [0.717, 1.165) is 55.6 Å². The van der Waals surface area contributed by atoms with Gasteiger partial charge in [0.1, 0.15) is 5.82 Å². The molecule has 0 bridgehead atoms. The van der Waals surface area contributed by atoms with Gasteiger partial charge in [-0.3, -0.25) is 4.57 Å². The third kappa shape index (κ3) is 4.97. The summed E-state index contributed by atoms with van der Waals surface area (Å²) in [6.45, 7) is 0. The van der Waals surface area contributed by atoms with Gasteiger partial charge in [-0.15, -0.1) is 22.7 Å². The second-order valence-electron chi connectivity index (χ2n) is 13.1. The summed E-state index contributed by atoms with van der Waals surface area (Å²) in [6.07, 6.45) is 0. The fraction of sp³-hybridized carbons (Fsp3) is 0. The Morgan fingerprint density at radius 1 is 0.396 bits per heavy atom. The molecule has 4 heterocycles. The number of aromatic nitrogens is 5. The van der Waals surface area contributed by atoms with E-state index >= 15 is 0 Å². The lowest BCUT2D eigenvalue weighted by molar-refractivity contribution is 1.08. The Hall–Kier alpha value is -6.54. The highest BCUT2D eigenvalue weighted by atomic mass is 32.1. The maximum Gasteiger partial charge on any atom is 0.164 e. The summed E-state index contributed by atoms with van der Waals surface area (Å²) in [7, 11) is 0. The Balaban J connectivity index is 1.13. The minimum atomic E-state index is 0.649. The predicted octanol–water partition coefficient (Wildman–Crippen LogP) is 12.6. The molecule has 7 aromatic carbocycles. The molecular formula is C46H27N5S2. The van der Waals surface area contributed by atoms with Gasteiger partial charge in [-0.1, -0.05) is 103 Å². The van der Waals surface area contributed by atoms with Crippen LogP contribution in [0.5, 0.6) is 0 Å². The maximum absolute atomic E-state index is 5.23. The first-order chi connectivity index (χ1) is 26.2. The number of fused-ring (bicyclic) bond motifs is 7. The first-order valence-electron chi connectivity index (χ1n) is 17.5. The van der Waals surface area contributed by atoms with Crippen LogP contribution in [0.15, 0.2) is 164 Å². The van der Waals surface area contributed by atoms with Crippen LogP contribution in [0.2, 0.25) is 0 Å². The molecule has 248 valence electrons. The monoisotopic (exact) mass is 713 g/mol. The van der Waals surface area contributed by atoms with E-state index < -0.39 is 0 Å². The molecule has 0 saturated carbocycles. The lowest BCUT2D eigenvalue weighted by atomic mass is 10.0. The maximum atomic E-state index is 5.23. The van der Waals surface area contributed by atoms with E-state index in [1.54, 1.807) is 22.7 Å². The summed E-state index contributed by atoms with van der Waals surface area (Å²) >= 11 is 3.59. The minimum absolute atomic E-state index is 0.649. The zero-order chi connectivity index (χ0) is 34.9. The van der Waals surface area contributed by atoms with Crippen molar-refractivity contribution in [1.82, 2.24) is 24.5 Å².